The molecule has 0 saturated carbocycles. The number of hydrogen-bond donors (Lipinski definition) is 1. The number of rotatable bonds is 5. The van der Waals surface area contributed by atoms with Crippen molar-refractivity contribution in [1.29, 1.82) is 0 Å². The number of ether oxygens (including phenoxy) is 1. The molecule has 7 nitrogen and oxygen atoms in total. The topological polar surface area (TPSA) is 76.0 Å². The predicted octanol–water partition coefficient (Wildman–Crippen LogP) is 4.93. The monoisotopic (exact) mass is 497 g/mol. The Kier molecular flexibility index (Phi) is 6.11. The summed E-state index contributed by atoms with van der Waals surface area (Å²) in [5.74, 6) is 1.13. The Labute approximate surface area is 213 Å². The molecule has 0 bridgehead atoms. The quantitative estimate of drug-likeness (QED) is 0.372. The molecule has 1 aliphatic heterocycles. The van der Waals surface area contributed by atoms with Crippen LogP contribution in [0.15, 0.2) is 83.7 Å². The molecule has 0 unspecified atom stereocenters. The maximum Gasteiger partial charge on any atom is 0.279 e. The third-order valence-corrected chi connectivity index (χ3v) is 6.62. The van der Waals surface area contributed by atoms with Crippen LogP contribution in [0.25, 0.3) is 39.6 Å². The first-order valence-electron chi connectivity index (χ1n) is 11.9. The average molecular weight is 498 g/mol. The lowest BCUT2D eigenvalue weighted by molar-refractivity contribution is 0.0342. The summed E-state index contributed by atoms with van der Waals surface area (Å²) >= 11 is 6.11. The largest absolute Gasteiger partial charge is 0.379 e. The Morgan fingerprint density at radius 3 is 2.28 bits per heavy atom. The van der Waals surface area contributed by atoms with Crippen LogP contribution in [-0.2, 0) is 11.3 Å². The molecule has 3 aromatic carbocycles. The number of morpholine rings is 1. The fourth-order valence-corrected chi connectivity index (χ4v) is 4.63. The van der Waals surface area contributed by atoms with E-state index >= 15 is 0 Å². The highest BCUT2D eigenvalue weighted by molar-refractivity contribution is 6.30. The number of fused-ring (bicyclic) bond motifs is 1. The first-order valence-corrected chi connectivity index (χ1v) is 12.3. The van der Waals surface area contributed by atoms with Crippen LogP contribution < -0.4 is 5.56 Å². The molecule has 0 radical (unpaired) electrons. The second-order valence-corrected chi connectivity index (χ2v) is 9.22. The van der Waals surface area contributed by atoms with Gasteiger partial charge in [-0.25, -0.2) is 9.97 Å². The standard InChI is InChI=1S/C28H24ClN5O2/c29-22-12-10-21(11-13-22)26-30-24-27(34(26)23-4-2-1-3-5-23)31-25(32-28(24)35)20-8-6-19(7-9-20)18-33-14-16-36-17-15-33/h1-13H,14-18H2,(H,31,32,35). The summed E-state index contributed by atoms with van der Waals surface area (Å²) in [5, 5.41) is 0.636. The number of para-hydroxylation sites is 1. The van der Waals surface area contributed by atoms with E-state index < -0.39 is 0 Å². The van der Waals surface area contributed by atoms with Crippen molar-refractivity contribution in [2.75, 3.05) is 26.3 Å². The van der Waals surface area contributed by atoms with Crippen molar-refractivity contribution >= 4 is 22.8 Å². The summed E-state index contributed by atoms with van der Waals surface area (Å²) in [5.41, 5.74) is 4.28. The van der Waals surface area contributed by atoms with Crippen LogP contribution in [-0.4, -0.2) is 50.7 Å². The molecule has 1 fully saturated rings. The van der Waals surface area contributed by atoms with Crippen LogP contribution in [0.5, 0.6) is 0 Å². The van der Waals surface area contributed by atoms with Gasteiger partial charge in [-0.05, 0) is 42.0 Å². The zero-order chi connectivity index (χ0) is 24.5. The number of benzene rings is 3. The average Bonchev–Trinajstić information content (AvgIpc) is 3.31. The summed E-state index contributed by atoms with van der Waals surface area (Å²) in [7, 11) is 0. The van der Waals surface area contributed by atoms with Gasteiger partial charge in [0.05, 0.1) is 13.2 Å². The molecule has 1 aliphatic rings. The minimum Gasteiger partial charge on any atom is -0.379 e. The zero-order valence-corrected chi connectivity index (χ0v) is 20.3. The number of imidazole rings is 1. The smallest absolute Gasteiger partial charge is 0.279 e. The predicted molar refractivity (Wildman–Crippen MR) is 141 cm³/mol. The molecule has 0 atom stereocenters. The summed E-state index contributed by atoms with van der Waals surface area (Å²) in [6, 6.07) is 25.4. The summed E-state index contributed by atoms with van der Waals surface area (Å²) in [4.78, 5) is 28.1. The van der Waals surface area contributed by atoms with Crippen molar-refractivity contribution in [3.8, 4) is 28.5 Å². The van der Waals surface area contributed by atoms with Gasteiger partial charge in [-0.2, -0.15) is 0 Å². The molecule has 180 valence electrons. The lowest BCUT2D eigenvalue weighted by atomic mass is 10.1. The van der Waals surface area contributed by atoms with E-state index in [9.17, 15) is 4.79 Å². The molecular weight excluding hydrogens is 474 g/mol. The van der Waals surface area contributed by atoms with Crippen molar-refractivity contribution in [2.45, 2.75) is 6.54 Å². The first kappa shape index (κ1) is 22.7. The Morgan fingerprint density at radius 1 is 0.861 bits per heavy atom. The zero-order valence-electron chi connectivity index (χ0n) is 19.5. The molecule has 8 heteroatoms. The second kappa shape index (κ2) is 9.70. The fourth-order valence-electron chi connectivity index (χ4n) is 4.50. The number of halogens is 1. The van der Waals surface area contributed by atoms with E-state index in [1.165, 1.54) is 5.56 Å². The lowest BCUT2D eigenvalue weighted by Crippen LogP contribution is -2.35. The van der Waals surface area contributed by atoms with Crippen molar-refractivity contribution in [1.82, 2.24) is 24.4 Å². The highest BCUT2D eigenvalue weighted by atomic mass is 35.5. The van der Waals surface area contributed by atoms with Crippen molar-refractivity contribution in [3.05, 3.63) is 99.8 Å². The van der Waals surface area contributed by atoms with Gasteiger partial charge >= 0.3 is 0 Å². The van der Waals surface area contributed by atoms with Gasteiger partial charge in [0.15, 0.2) is 11.2 Å². The highest BCUT2D eigenvalue weighted by Crippen LogP contribution is 2.28. The van der Waals surface area contributed by atoms with Gasteiger partial charge < -0.3 is 9.72 Å². The summed E-state index contributed by atoms with van der Waals surface area (Å²) < 4.78 is 7.36. The Bertz CT molecular complexity index is 1550. The van der Waals surface area contributed by atoms with Gasteiger partial charge in [-0.15, -0.1) is 0 Å². The van der Waals surface area contributed by atoms with Crippen LogP contribution in [0.3, 0.4) is 0 Å². The molecule has 5 aromatic rings. The molecule has 0 amide bonds. The van der Waals surface area contributed by atoms with E-state index in [4.69, 9.17) is 26.3 Å². The van der Waals surface area contributed by atoms with Crippen LogP contribution in [0, 0.1) is 0 Å². The molecular formula is C28H24ClN5O2. The normalized spacial score (nSPS) is 14.4. The molecule has 1 N–H and O–H groups in total. The maximum atomic E-state index is 13.2. The van der Waals surface area contributed by atoms with Gasteiger partial charge in [0.2, 0.25) is 0 Å². The Morgan fingerprint density at radius 2 is 1.56 bits per heavy atom. The van der Waals surface area contributed by atoms with E-state index in [1.807, 2.05) is 71.3 Å². The van der Waals surface area contributed by atoms with Gasteiger partial charge in [0.1, 0.15) is 11.6 Å². The third kappa shape index (κ3) is 4.44. The number of hydrogen-bond acceptors (Lipinski definition) is 5. The van der Waals surface area contributed by atoms with E-state index in [0.717, 1.165) is 49.7 Å². The van der Waals surface area contributed by atoms with Gasteiger partial charge in [-0.1, -0.05) is 54.1 Å². The molecule has 1 saturated heterocycles. The molecule has 6 rings (SSSR count). The van der Waals surface area contributed by atoms with Crippen LogP contribution in [0.1, 0.15) is 5.56 Å². The SMILES string of the molecule is O=c1[nH]c(-c2ccc(CN3CCOCC3)cc2)nc2c1nc(-c1ccc(Cl)cc1)n2-c1ccccc1. The van der Waals surface area contributed by atoms with Crippen LogP contribution in [0.4, 0.5) is 0 Å². The molecule has 0 aliphatic carbocycles. The van der Waals surface area contributed by atoms with Gasteiger partial charge in [0.25, 0.3) is 5.56 Å². The summed E-state index contributed by atoms with van der Waals surface area (Å²) in [6.45, 7) is 4.30. The van der Waals surface area contributed by atoms with Crippen molar-refractivity contribution < 1.29 is 4.74 Å². The van der Waals surface area contributed by atoms with Crippen molar-refractivity contribution in [2.24, 2.45) is 0 Å². The second-order valence-electron chi connectivity index (χ2n) is 8.79. The first-order chi connectivity index (χ1) is 17.7. The Hall–Kier alpha value is -3.78. The molecule has 36 heavy (non-hydrogen) atoms. The molecule has 3 heterocycles. The van der Waals surface area contributed by atoms with E-state index in [1.54, 1.807) is 0 Å². The number of aromatic amines is 1. The number of aromatic nitrogens is 4. The van der Waals surface area contributed by atoms with E-state index in [-0.39, 0.29) is 11.1 Å². The van der Waals surface area contributed by atoms with Crippen molar-refractivity contribution in [3.63, 3.8) is 0 Å². The van der Waals surface area contributed by atoms with Crippen LogP contribution >= 0.6 is 11.6 Å². The summed E-state index contributed by atoms with van der Waals surface area (Å²) in [6.07, 6.45) is 0. The molecule has 0 spiro atoms. The Balaban J connectivity index is 1.44. The number of H-pyrrole nitrogens is 1. The maximum absolute atomic E-state index is 13.2. The van der Waals surface area contributed by atoms with E-state index in [2.05, 4.69) is 22.0 Å². The number of nitrogens with zero attached hydrogens (tertiary/aromatic N) is 4. The number of nitrogens with one attached hydrogen (secondary N) is 1. The minimum atomic E-state index is -0.280. The highest BCUT2D eigenvalue weighted by Gasteiger charge is 2.19. The minimum absolute atomic E-state index is 0.280. The van der Waals surface area contributed by atoms with Crippen LogP contribution in [0.2, 0.25) is 5.02 Å². The van der Waals surface area contributed by atoms with Gasteiger partial charge in [0, 0.05) is 41.5 Å². The lowest BCUT2D eigenvalue weighted by Gasteiger charge is -2.26. The molecule has 2 aromatic heterocycles. The third-order valence-electron chi connectivity index (χ3n) is 6.37. The van der Waals surface area contributed by atoms with E-state index in [0.29, 0.717) is 22.3 Å². The fraction of sp³-hybridized carbons (Fsp3) is 0.179. The van der Waals surface area contributed by atoms with Gasteiger partial charge in [-0.3, -0.25) is 14.3 Å².